The number of rotatable bonds is 5. The molecule has 0 bridgehead atoms. The largest absolute Gasteiger partial charge is 0.384 e. The van der Waals surface area contributed by atoms with Crippen LogP contribution < -0.4 is 5.73 Å². The molecule has 0 amide bonds. The van der Waals surface area contributed by atoms with Gasteiger partial charge in [0.25, 0.3) is 0 Å². The van der Waals surface area contributed by atoms with Crippen LogP contribution in [0.3, 0.4) is 0 Å². The highest BCUT2D eigenvalue weighted by Crippen LogP contribution is 2.28. The third-order valence-corrected chi connectivity index (χ3v) is 3.65. The van der Waals surface area contributed by atoms with Gasteiger partial charge in [-0.05, 0) is 29.2 Å². The van der Waals surface area contributed by atoms with Gasteiger partial charge in [-0.25, -0.2) is 4.39 Å². The minimum absolute atomic E-state index is 0.0865. The second-order valence-corrected chi connectivity index (χ2v) is 4.98. The van der Waals surface area contributed by atoms with Gasteiger partial charge < -0.3 is 10.5 Å². The Hall–Kier alpha value is -1.42. The van der Waals surface area contributed by atoms with Crippen molar-refractivity contribution in [2.45, 2.75) is 12.5 Å². The molecule has 2 aromatic carbocycles. The smallest absolute Gasteiger partial charge is 0.142 e. The predicted molar refractivity (Wildman–Crippen MR) is 79.5 cm³/mol. The number of hydrogen-bond acceptors (Lipinski definition) is 2. The highest BCUT2D eigenvalue weighted by atomic mass is 35.5. The first-order valence-electron chi connectivity index (χ1n) is 6.40. The molecule has 0 heterocycles. The SMILES string of the molecule is COCCc1ccc(C(N)c2cccc(F)c2Cl)cc1. The number of nitrogens with two attached hydrogens (primary N) is 1. The summed E-state index contributed by atoms with van der Waals surface area (Å²) in [6, 6.07) is 12.1. The molecule has 1 atom stereocenters. The standard InChI is InChI=1S/C16H17ClFNO/c1-20-10-9-11-5-7-12(8-6-11)16(19)13-3-2-4-14(18)15(13)17/h2-8,16H,9-10,19H2,1H3. The van der Waals surface area contributed by atoms with E-state index in [0.29, 0.717) is 12.2 Å². The van der Waals surface area contributed by atoms with E-state index in [1.807, 2.05) is 24.3 Å². The second kappa shape index (κ2) is 6.84. The summed E-state index contributed by atoms with van der Waals surface area (Å²) in [5.41, 5.74) is 8.83. The number of benzene rings is 2. The molecule has 20 heavy (non-hydrogen) atoms. The molecule has 0 aromatic heterocycles. The number of halogens is 2. The normalized spacial score (nSPS) is 12.4. The summed E-state index contributed by atoms with van der Waals surface area (Å²) >= 11 is 5.97. The molecular weight excluding hydrogens is 277 g/mol. The van der Waals surface area contributed by atoms with E-state index in [1.165, 1.54) is 11.6 Å². The Balaban J connectivity index is 2.20. The zero-order valence-corrected chi connectivity index (χ0v) is 12.0. The van der Waals surface area contributed by atoms with Gasteiger partial charge in [0.15, 0.2) is 0 Å². The first-order valence-corrected chi connectivity index (χ1v) is 6.78. The Morgan fingerprint density at radius 3 is 2.55 bits per heavy atom. The maximum atomic E-state index is 13.5. The lowest BCUT2D eigenvalue weighted by Crippen LogP contribution is -2.13. The van der Waals surface area contributed by atoms with Crippen molar-refractivity contribution in [3.05, 3.63) is 70.0 Å². The average Bonchev–Trinajstić information content (AvgIpc) is 2.48. The van der Waals surface area contributed by atoms with Gasteiger partial charge >= 0.3 is 0 Å². The molecule has 2 nitrogen and oxygen atoms in total. The fourth-order valence-corrected chi connectivity index (χ4v) is 2.30. The van der Waals surface area contributed by atoms with Crippen LogP contribution in [0.4, 0.5) is 4.39 Å². The van der Waals surface area contributed by atoms with Gasteiger partial charge in [-0.2, -0.15) is 0 Å². The topological polar surface area (TPSA) is 35.2 Å². The molecule has 2 N–H and O–H groups in total. The van der Waals surface area contributed by atoms with Crippen molar-refractivity contribution in [2.75, 3.05) is 13.7 Å². The Labute approximate surface area is 123 Å². The monoisotopic (exact) mass is 293 g/mol. The van der Waals surface area contributed by atoms with E-state index in [1.54, 1.807) is 19.2 Å². The molecule has 4 heteroatoms. The maximum absolute atomic E-state index is 13.5. The summed E-state index contributed by atoms with van der Waals surface area (Å²) in [7, 11) is 1.68. The Morgan fingerprint density at radius 2 is 1.90 bits per heavy atom. The average molecular weight is 294 g/mol. The van der Waals surface area contributed by atoms with Crippen LogP contribution in [0.5, 0.6) is 0 Å². The van der Waals surface area contributed by atoms with E-state index in [-0.39, 0.29) is 5.02 Å². The van der Waals surface area contributed by atoms with Crippen LogP contribution in [0.1, 0.15) is 22.7 Å². The van der Waals surface area contributed by atoms with E-state index < -0.39 is 11.9 Å². The highest BCUT2D eigenvalue weighted by molar-refractivity contribution is 6.31. The van der Waals surface area contributed by atoms with E-state index in [9.17, 15) is 4.39 Å². The minimum atomic E-state index is -0.448. The van der Waals surface area contributed by atoms with E-state index in [2.05, 4.69) is 0 Å². The number of methoxy groups -OCH3 is 1. The zero-order valence-electron chi connectivity index (χ0n) is 11.3. The minimum Gasteiger partial charge on any atom is -0.384 e. The lowest BCUT2D eigenvalue weighted by Gasteiger charge is -2.15. The van der Waals surface area contributed by atoms with Crippen LogP contribution >= 0.6 is 11.6 Å². The van der Waals surface area contributed by atoms with Crippen molar-refractivity contribution >= 4 is 11.6 Å². The fraction of sp³-hybridized carbons (Fsp3) is 0.250. The molecular formula is C16H17ClFNO. The summed E-state index contributed by atoms with van der Waals surface area (Å²) < 4.78 is 18.5. The molecule has 1 unspecified atom stereocenters. The molecule has 0 aliphatic heterocycles. The van der Waals surface area contributed by atoms with Crippen LogP contribution in [-0.4, -0.2) is 13.7 Å². The Bertz CT molecular complexity index is 571. The summed E-state index contributed by atoms with van der Waals surface area (Å²) in [5.74, 6) is -0.448. The first-order chi connectivity index (χ1) is 9.63. The first kappa shape index (κ1) is 15.0. The quantitative estimate of drug-likeness (QED) is 0.912. The highest BCUT2D eigenvalue weighted by Gasteiger charge is 2.14. The molecule has 0 aliphatic carbocycles. The van der Waals surface area contributed by atoms with Gasteiger partial charge in [0, 0.05) is 7.11 Å². The van der Waals surface area contributed by atoms with Gasteiger partial charge in [-0.15, -0.1) is 0 Å². The Kier molecular flexibility index (Phi) is 5.12. The maximum Gasteiger partial charge on any atom is 0.142 e. The van der Waals surface area contributed by atoms with Crippen molar-refractivity contribution in [1.82, 2.24) is 0 Å². The van der Waals surface area contributed by atoms with Gasteiger partial charge in [0.05, 0.1) is 17.7 Å². The third-order valence-electron chi connectivity index (χ3n) is 3.25. The van der Waals surface area contributed by atoms with Crippen molar-refractivity contribution in [3.8, 4) is 0 Å². The molecule has 2 aromatic rings. The zero-order chi connectivity index (χ0) is 14.5. The van der Waals surface area contributed by atoms with Crippen LogP contribution in [0.25, 0.3) is 0 Å². The van der Waals surface area contributed by atoms with Crippen LogP contribution in [0.2, 0.25) is 5.02 Å². The molecule has 0 fully saturated rings. The molecule has 106 valence electrons. The number of ether oxygens (including phenoxy) is 1. The number of hydrogen-bond donors (Lipinski definition) is 1. The third kappa shape index (κ3) is 3.37. The van der Waals surface area contributed by atoms with Gasteiger partial charge in [-0.1, -0.05) is 48.0 Å². The van der Waals surface area contributed by atoms with E-state index >= 15 is 0 Å². The van der Waals surface area contributed by atoms with Crippen LogP contribution in [0, 0.1) is 5.82 Å². The Morgan fingerprint density at radius 1 is 1.20 bits per heavy atom. The van der Waals surface area contributed by atoms with Gasteiger partial charge in [0.2, 0.25) is 0 Å². The molecule has 0 saturated heterocycles. The fourth-order valence-electron chi connectivity index (χ4n) is 2.05. The van der Waals surface area contributed by atoms with Gasteiger partial charge in [-0.3, -0.25) is 0 Å². The summed E-state index contributed by atoms with van der Waals surface area (Å²) in [4.78, 5) is 0. The predicted octanol–water partition coefficient (Wildman–Crippen LogP) is 3.72. The molecule has 0 saturated carbocycles. The van der Waals surface area contributed by atoms with E-state index in [4.69, 9.17) is 22.1 Å². The summed E-state index contributed by atoms with van der Waals surface area (Å²) in [5, 5.41) is 0.0865. The second-order valence-electron chi connectivity index (χ2n) is 4.61. The lowest BCUT2D eigenvalue weighted by molar-refractivity contribution is 0.202. The van der Waals surface area contributed by atoms with Crippen LogP contribution in [-0.2, 0) is 11.2 Å². The van der Waals surface area contributed by atoms with Crippen molar-refractivity contribution in [1.29, 1.82) is 0 Å². The molecule has 0 spiro atoms. The van der Waals surface area contributed by atoms with Crippen LogP contribution in [0.15, 0.2) is 42.5 Å². The van der Waals surface area contributed by atoms with Crippen molar-refractivity contribution in [2.24, 2.45) is 5.73 Å². The van der Waals surface area contributed by atoms with Crippen molar-refractivity contribution < 1.29 is 9.13 Å². The summed E-state index contributed by atoms with van der Waals surface area (Å²) in [6.07, 6.45) is 0.854. The lowest BCUT2D eigenvalue weighted by atomic mass is 9.98. The molecule has 0 aliphatic rings. The molecule has 2 rings (SSSR count). The molecule has 0 radical (unpaired) electrons. The van der Waals surface area contributed by atoms with Crippen molar-refractivity contribution in [3.63, 3.8) is 0 Å². The van der Waals surface area contributed by atoms with E-state index in [0.717, 1.165) is 12.0 Å². The van der Waals surface area contributed by atoms with Gasteiger partial charge in [0.1, 0.15) is 5.82 Å². The summed E-state index contributed by atoms with van der Waals surface area (Å²) in [6.45, 7) is 0.682.